The first-order chi connectivity index (χ1) is 10.7. The zero-order chi connectivity index (χ0) is 15.1. The molecule has 0 bridgehead atoms. The number of thiocarbonyl (C=S) groups is 1. The molecule has 1 unspecified atom stereocenters. The van der Waals surface area contributed by atoms with E-state index in [2.05, 4.69) is 23.0 Å². The molecule has 0 radical (unpaired) electrons. The van der Waals surface area contributed by atoms with Gasteiger partial charge in [-0.05, 0) is 25.0 Å². The van der Waals surface area contributed by atoms with Crippen LogP contribution in [0.1, 0.15) is 16.7 Å². The molecule has 0 saturated heterocycles. The second-order valence-electron chi connectivity index (χ2n) is 5.56. The van der Waals surface area contributed by atoms with E-state index in [9.17, 15) is 0 Å². The minimum Gasteiger partial charge on any atom is -0.442 e. The lowest BCUT2D eigenvalue weighted by molar-refractivity contribution is 0.482. The molecule has 4 rings (SSSR count). The van der Waals surface area contributed by atoms with Crippen LogP contribution < -0.4 is 4.74 Å². The van der Waals surface area contributed by atoms with Crippen LogP contribution in [0.2, 0.25) is 0 Å². The Balaban J connectivity index is 1.73. The van der Waals surface area contributed by atoms with Crippen LogP contribution in [0.25, 0.3) is 0 Å². The van der Waals surface area contributed by atoms with Gasteiger partial charge in [-0.3, -0.25) is 0 Å². The Hall–Kier alpha value is -2.33. The van der Waals surface area contributed by atoms with E-state index in [-0.39, 0.29) is 5.92 Å². The largest absolute Gasteiger partial charge is 0.442 e. The molecule has 0 amide bonds. The summed E-state index contributed by atoms with van der Waals surface area (Å²) < 4.78 is 5.96. The van der Waals surface area contributed by atoms with Crippen LogP contribution in [0, 0.1) is 12.8 Å². The summed E-state index contributed by atoms with van der Waals surface area (Å²) in [6, 6.07) is 16.1. The average molecular weight is 306 g/mol. The Kier molecular flexibility index (Phi) is 3.12. The van der Waals surface area contributed by atoms with E-state index in [1.54, 1.807) is 0 Å². The van der Waals surface area contributed by atoms with Crippen molar-refractivity contribution in [3.8, 4) is 5.75 Å². The third-order valence-corrected chi connectivity index (χ3v) is 4.33. The molecule has 2 aromatic rings. The number of benzene rings is 2. The van der Waals surface area contributed by atoms with E-state index >= 15 is 0 Å². The topological polar surface area (TPSA) is 34.0 Å². The van der Waals surface area contributed by atoms with Crippen LogP contribution in [0.4, 0.5) is 0 Å². The molecule has 0 fully saturated rings. The molecule has 1 atom stereocenters. The predicted molar refractivity (Wildman–Crippen MR) is 92.0 cm³/mol. The van der Waals surface area contributed by atoms with Crippen LogP contribution in [0.5, 0.6) is 5.75 Å². The highest BCUT2D eigenvalue weighted by atomic mass is 32.1. The molecule has 0 spiro atoms. The molecular formula is C18H14N2OS. The standard InChI is InChI=1S/C18H14N2OS/c1-11-6-8-12(9-7-11)16-19-17-14(18(22)20-16)10-13-4-2-3-5-15(13)21-17/h2-9,14H,10H2,1H3. The van der Waals surface area contributed by atoms with Crippen LogP contribution in [-0.2, 0) is 6.42 Å². The van der Waals surface area contributed by atoms with Gasteiger partial charge in [0, 0.05) is 5.56 Å². The molecule has 0 aliphatic carbocycles. The van der Waals surface area contributed by atoms with Crippen molar-refractivity contribution in [2.24, 2.45) is 15.9 Å². The molecular weight excluding hydrogens is 292 g/mol. The number of fused-ring (bicyclic) bond motifs is 2. The van der Waals surface area contributed by atoms with Crippen LogP contribution in [0.15, 0.2) is 58.5 Å². The highest BCUT2D eigenvalue weighted by Gasteiger charge is 2.33. The smallest absolute Gasteiger partial charge is 0.207 e. The molecule has 0 aromatic heterocycles. The van der Waals surface area contributed by atoms with Crippen molar-refractivity contribution in [3.63, 3.8) is 0 Å². The normalized spacial score (nSPS) is 19.5. The molecule has 2 aromatic carbocycles. The van der Waals surface area contributed by atoms with Gasteiger partial charge in [0.05, 0.1) is 5.92 Å². The van der Waals surface area contributed by atoms with Crippen LogP contribution >= 0.6 is 12.2 Å². The number of ether oxygens (including phenoxy) is 1. The maximum Gasteiger partial charge on any atom is 0.207 e. The summed E-state index contributed by atoms with van der Waals surface area (Å²) in [5, 5.41) is 0. The first-order valence-corrected chi connectivity index (χ1v) is 7.65. The predicted octanol–water partition coefficient (Wildman–Crippen LogP) is 3.73. The van der Waals surface area contributed by atoms with E-state index in [1.807, 2.05) is 42.5 Å². The number of aliphatic imine (C=N–C) groups is 2. The average Bonchev–Trinajstić information content (AvgIpc) is 2.54. The molecule has 4 heteroatoms. The number of amidine groups is 1. The zero-order valence-corrected chi connectivity index (χ0v) is 12.9. The van der Waals surface area contributed by atoms with Gasteiger partial charge in [0.2, 0.25) is 5.90 Å². The minimum absolute atomic E-state index is 0.0286. The van der Waals surface area contributed by atoms with E-state index < -0.39 is 0 Å². The van der Waals surface area contributed by atoms with E-state index in [4.69, 9.17) is 17.0 Å². The fraction of sp³-hybridized carbons (Fsp3) is 0.167. The van der Waals surface area contributed by atoms with Crippen molar-refractivity contribution in [1.82, 2.24) is 0 Å². The summed E-state index contributed by atoms with van der Waals surface area (Å²) >= 11 is 5.49. The molecule has 22 heavy (non-hydrogen) atoms. The van der Waals surface area contributed by atoms with Gasteiger partial charge in [-0.2, -0.15) is 4.99 Å². The third-order valence-electron chi connectivity index (χ3n) is 3.95. The second-order valence-corrected chi connectivity index (χ2v) is 5.97. The summed E-state index contributed by atoms with van der Waals surface area (Å²) in [4.78, 5) is 9.78. The molecule has 108 valence electrons. The minimum atomic E-state index is -0.0286. The van der Waals surface area contributed by atoms with Gasteiger partial charge in [-0.25, -0.2) is 4.99 Å². The lowest BCUT2D eigenvalue weighted by atomic mass is 9.94. The van der Waals surface area contributed by atoms with Gasteiger partial charge in [0.25, 0.3) is 0 Å². The SMILES string of the molecule is Cc1ccc(C2=NC(=S)C3Cc4ccccc4OC3=N2)cc1. The summed E-state index contributed by atoms with van der Waals surface area (Å²) in [7, 11) is 0. The van der Waals surface area contributed by atoms with Crippen molar-refractivity contribution < 1.29 is 4.74 Å². The second kappa shape index (κ2) is 5.14. The first-order valence-electron chi connectivity index (χ1n) is 7.24. The summed E-state index contributed by atoms with van der Waals surface area (Å²) in [5.74, 6) is 2.13. The number of rotatable bonds is 1. The Morgan fingerprint density at radius 3 is 2.64 bits per heavy atom. The van der Waals surface area contributed by atoms with E-state index in [0.717, 1.165) is 23.3 Å². The summed E-state index contributed by atoms with van der Waals surface area (Å²) in [6.07, 6.45) is 0.804. The summed E-state index contributed by atoms with van der Waals surface area (Å²) in [5.41, 5.74) is 3.32. The van der Waals surface area contributed by atoms with Gasteiger partial charge in [-0.1, -0.05) is 60.2 Å². The molecule has 2 aliphatic heterocycles. The lowest BCUT2D eigenvalue weighted by Crippen LogP contribution is -2.36. The van der Waals surface area contributed by atoms with E-state index in [1.165, 1.54) is 5.56 Å². The number of hydrogen-bond donors (Lipinski definition) is 0. The van der Waals surface area contributed by atoms with Crippen molar-refractivity contribution >= 4 is 28.9 Å². The Morgan fingerprint density at radius 1 is 1.05 bits per heavy atom. The Bertz CT molecular complexity index is 821. The van der Waals surface area contributed by atoms with Gasteiger partial charge in [-0.15, -0.1) is 0 Å². The fourth-order valence-electron chi connectivity index (χ4n) is 2.70. The Morgan fingerprint density at radius 2 is 1.82 bits per heavy atom. The first kappa shape index (κ1) is 13.3. The lowest BCUT2D eigenvalue weighted by Gasteiger charge is -2.28. The van der Waals surface area contributed by atoms with Gasteiger partial charge >= 0.3 is 0 Å². The van der Waals surface area contributed by atoms with Crippen LogP contribution in [-0.4, -0.2) is 16.7 Å². The number of para-hydroxylation sites is 1. The monoisotopic (exact) mass is 306 g/mol. The van der Waals surface area contributed by atoms with Gasteiger partial charge in [0.1, 0.15) is 10.7 Å². The van der Waals surface area contributed by atoms with E-state index in [0.29, 0.717) is 16.7 Å². The zero-order valence-electron chi connectivity index (χ0n) is 12.1. The maximum absolute atomic E-state index is 5.96. The quantitative estimate of drug-likeness (QED) is 0.752. The van der Waals surface area contributed by atoms with Crippen molar-refractivity contribution in [1.29, 1.82) is 0 Å². The highest BCUT2D eigenvalue weighted by Crippen LogP contribution is 2.31. The van der Waals surface area contributed by atoms with Gasteiger partial charge in [0.15, 0.2) is 5.84 Å². The summed E-state index contributed by atoms with van der Waals surface area (Å²) in [6.45, 7) is 2.06. The van der Waals surface area contributed by atoms with Crippen molar-refractivity contribution in [3.05, 3.63) is 65.2 Å². The molecule has 0 N–H and O–H groups in total. The number of nitrogens with zero attached hydrogens (tertiary/aromatic N) is 2. The molecule has 2 aliphatic rings. The van der Waals surface area contributed by atoms with Crippen molar-refractivity contribution in [2.45, 2.75) is 13.3 Å². The molecule has 0 saturated carbocycles. The number of hydrogen-bond acceptors (Lipinski definition) is 3. The molecule has 3 nitrogen and oxygen atoms in total. The maximum atomic E-state index is 5.96. The molecule has 2 heterocycles. The van der Waals surface area contributed by atoms with Crippen molar-refractivity contribution in [2.75, 3.05) is 0 Å². The highest BCUT2D eigenvalue weighted by molar-refractivity contribution is 7.80. The Labute approximate surface area is 134 Å². The third kappa shape index (κ3) is 2.25. The fourth-order valence-corrected chi connectivity index (χ4v) is 2.97. The van der Waals surface area contributed by atoms with Gasteiger partial charge < -0.3 is 4.74 Å². The number of aryl methyl sites for hydroxylation is 1. The van der Waals surface area contributed by atoms with Crippen LogP contribution in [0.3, 0.4) is 0 Å².